The van der Waals surface area contributed by atoms with Gasteiger partial charge in [-0.05, 0) is 36.3 Å². The van der Waals surface area contributed by atoms with Crippen molar-refractivity contribution < 1.29 is 14.7 Å². The average Bonchev–Trinajstić information content (AvgIpc) is 3.15. The minimum atomic E-state index is -0.971. The Morgan fingerprint density at radius 2 is 1.95 bits per heavy atom. The molecule has 4 nitrogen and oxygen atoms in total. The molecular weight excluding hydrogens is 254 g/mol. The maximum atomic E-state index is 12.1. The first-order chi connectivity index (χ1) is 9.41. The van der Waals surface area contributed by atoms with Crippen molar-refractivity contribution in [3.8, 4) is 0 Å². The number of rotatable bonds is 5. The van der Waals surface area contributed by atoms with Gasteiger partial charge >= 0.3 is 5.97 Å². The lowest BCUT2D eigenvalue weighted by Gasteiger charge is -2.18. The third-order valence-electron chi connectivity index (χ3n) is 3.95. The van der Waals surface area contributed by atoms with Crippen LogP contribution >= 0.6 is 0 Å². The number of aliphatic carboxylic acids is 1. The van der Waals surface area contributed by atoms with Gasteiger partial charge < -0.3 is 10.4 Å². The van der Waals surface area contributed by atoms with Crippen molar-refractivity contribution >= 4 is 11.9 Å². The fraction of sp³-hybridized carbons (Fsp3) is 0.500. The number of benzene rings is 1. The molecule has 1 aliphatic rings. The molecule has 3 atom stereocenters. The second-order valence-corrected chi connectivity index (χ2v) is 5.87. The van der Waals surface area contributed by atoms with Crippen molar-refractivity contribution in [1.29, 1.82) is 0 Å². The third kappa shape index (κ3) is 3.00. The van der Waals surface area contributed by atoms with Gasteiger partial charge in [0.1, 0.15) is 6.04 Å². The van der Waals surface area contributed by atoms with Gasteiger partial charge in [0.05, 0.1) is 0 Å². The molecule has 4 heteroatoms. The summed E-state index contributed by atoms with van der Waals surface area (Å²) in [7, 11) is 0. The van der Waals surface area contributed by atoms with Gasteiger partial charge in [0.2, 0.25) is 5.91 Å². The van der Waals surface area contributed by atoms with E-state index in [2.05, 4.69) is 5.32 Å². The maximum absolute atomic E-state index is 12.1. The summed E-state index contributed by atoms with van der Waals surface area (Å²) in [6.07, 6.45) is 0.807. The number of hydrogen-bond acceptors (Lipinski definition) is 2. The SMILES string of the molecule is Cc1ccccc1C1CC1C(=O)NC(C(=O)O)C(C)C. The first kappa shape index (κ1) is 14.6. The van der Waals surface area contributed by atoms with Crippen LogP contribution in [0.1, 0.15) is 37.3 Å². The van der Waals surface area contributed by atoms with Gasteiger partial charge in [0, 0.05) is 5.92 Å². The molecule has 1 aliphatic carbocycles. The van der Waals surface area contributed by atoms with E-state index in [4.69, 9.17) is 5.11 Å². The molecule has 0 bridgehead atoms. The summed E-state index contributed by atoms with van der Waals surface area (Å²) in [5.41, 5.74) is 2.38. The molecule has 0 aromatic heterocycles. The van der Waals surface area contributed by atoms with Gasteiger partial charge in [-0.2, -0.15) is 0 Å². The van der Waals surface area contributed by atoms with Crippen molar-refractivity contribution in [2.45, 2.75) is 39.2 Å². The maximum Gasteiger partial charge on any atom is 0.326 e. The van der Waals surface area contributed by atoms with Crippen molar-refractivity contribution in [2.75, 3.05) is 0 Å². The van der Waals surface area contributed by atoms with Crippen LogP contribution in [0.15, 0.2) is 24.3 Å². The van der Waals surface area contributed by atoms with Crippen LogP contribution in [-0.4, -0.2) is 23.0 Å². The first-order valence-electron chi connectivity index (χ1n) is 7.00. The number of nitrogens with one attached hydrogen (secondary N) is 1. The van der Waals surface area contributed by atoms with E-state index in [1.165, 1.54) is 11.1 Å². The number of carbonyl (C=O) groups is 2. The Morgan fingerprint density at radius 3 is 2.50 bits per heavy atom. The zero-order chi connectivity index (χ0) is 14.9. The molecule has 0 heterocycles. The van der Waals surface area contributed by atoms with E-state index in [9.17, 15) is 9.59 Å². The highest BCUT2D eigenvalue weighted by atomic mass is 16.4. The van der Waals surface area contributed by atoms with E-state index < -0.39 is 12.0 Å². The molecule has 0 radical (unpaired) electrons. The lowest BCUT2D eigenvalue weighted by atomic mass is 10.0. The topological polar surface area (TPSA) is 66.4 Å². The average molecular weight is 275 g/mol. The van der Waals surface area contributed by atoms with Crippen LogP contribution in [0.25, 0.3) is 0 Å². The van der Waals surface area contributed by atoms with E-state index in [-0.39, 0.29) is 23.7 Å². The van der Waals surface area contributed by atoms with Crippen LogP contribution in [0.5, 0.6) is 0 Å². The molecule has 0 saturated heterocycles. The van der Waals surface area contributed by atoms with Crippen LogP contribution in [0.2, 0.25) is 0 Å². The van der Waals surface area contributed by atoms with Gasteiger partial charge in [-0.1, -0.05) is 38.1 Å². The second kappa shape index (κ2) is 5.65. The van der Waals surface area contributed by atoms with E-state index >= 15 is 0 Å². The fourth-order valence-electron chi connectivity index (χ4n) is 2.61. The van der Waals surface area contributed by atoms with Crippen LogP contribution < -0.4 is 5.32 Å². The predicted molar refractivity (Wildman–Crippen MR) is 76.4 cm³/mol. The number of carboxylic acid groups (broad SMARTS) is 1. The Hall–Kier alpha value is -1.84. The summed E-state index contributed by atoms with van der Waals surface area (Å²) in [5.74, 6) is -1.08. The predicted octanol–water partition coefficient (Wildman–Crippen LogP) is 2.32. The zero-order valence-corrected chi connectivity index (χ0v) is 12.1. The zero-order valence-electron chi connectivity index (χ0n) is 12.1. The molecule has 1 aromatic rings. The molecule has 3 unspecified atom stereocenters. The van der Waals surface area contributed by atoms with Gasteiger partial charge in [-0.3, -0.25) is 4.79 Å². The Morgan fingerprint density at radius 1 is 1.30 bits per heavy atom. The van der Waals surface area contributed by atoms with Gasteiger partial charge in [0.15, 0.2) is 0 Å². The van der Waals surface area contributed by atoms with E-state index in [1.54, 1.807) is 13.8 Å². The lowest BCUT2D eigenvalue weighted by molar-refractivity contribution is -0.143. The number of aryl methyl sites for hydroxylation is 1. The van der Waals surface area contributed by atoms with E-state index in [1.807, 2.05) is 31.2 Å². The summed E-state index contributed by atoms with van der Waals surface area (Å²) in [6, 6.07) is 7.24. The summed E-state index contributed by atoms with van der Waals surface area (Å²) < 4.78 is 0. The number of hydrogen-bond donors (Lipinski definition) is 2. The highest BCUT2D eigenvalue weighted by Crippen LogP contribution is 2.48. The van der Waals surface area contributed by atoms with Gasteiger partial charge in [-0.25, -0.2) is 4.79 Å². The van der Waals surface area contributed by atoms with Crippen molar-refractivity contribution in [3.05, 3.63) is 35.4 Å². The highest BCUT2D eigenvalue weighted by molar-refractivity contribution is 5.87. The third-order valence-corrected chi connectivity index (χ3v) is 3.95. The minimum absolute atomic E-state index is 0.0864. The largest absolute Gasteiger partial charge is 0.480 e. The monoisotopic (exact) mass is 275 g/mol. The van der Waals surface area contributed by atoms with Gasteiger partial charge in [0.25, 0.3) is 0 Å². The molecule has 108 valence electrons. The molecule has 1 fully saturated rings. The van der Waals surface area contributed by atoms with Crippen LogP contribution in [-0.2, 0) is 9.59 Å². The second-order valence-electron chi connectivity index (χ2n) is 5.87. The Bertz CT molecular complexity index is 524. The summed E-state index contributed by atoms with van der Waals surface area (Å²) in [6.45, 7) is 5.63. The Kier molecular flexibility index (Phi) is 4.12. The standard InChI is InChI=1S/C16H21NO3/c1-9(2)14(16(19)20)17-15(18)13-8-12(13)11-7-5-4-6-10(11)3/h4-7,9,12-14H,8H2,1-3H3,(H,17,18)(H,19,20). The normalized spacial score (nSPS) is 22.4. The molecule has 2 N–H and O–H groups in total. The fourth-order valence-corrected chi connectivity index (χ4v) is 2.61. The van der Waals surface area contributed by atoms with Crippen LogP contribution in [0.3, 0.4) is 0 Å². The lowest BCUT2D eigenvalue weighted by Crippen LogP contribution is -2.45. The van der Waals surface area contributed by atoms with Crippen molar-refractivity contribution in [1.82, 2.24) is 5.32 Å². The van der Waals surface area contributed by atoms with Crippen molar-refractivity contribution in [2.24, 2.45) is 11.8 Å². The highest BCUT2D eigenvalue weighted by Gasteiger charge is 2.45. The Balaban J connectivity index is 2.00. The summed E-state index contributed by atoms with van der Waals surface area (Å²) in [5, 5.41) is 11.8. The van der Waals surface area contributed by atoms with E-state index in [0.29, 0.717) is 0 Å². The smallest absolute Gasteiger partial charge is 0.326 e. The number of carboxylic acids is 1. The molecule has 1 saturated carbocycles. The summed E-state index contributed by atoms with van der Waals surface area (Å²) in [4.78, 5) is 23.3. The molecule has 0 spiro atoms. The quantitative estimate of drug-likeness (QED) is 0.866. The van der Waals surface area contributed by atoms with Crippen molar-refractivity contribution in [3.63, 3.8) is 0 Å². The first-order valence-corrected chi connectivity index (χ1v) is 7.00. The number of carbonyl (C=O) groups excluding carboxylic acids is 1. The molecule has 20 heavy (non-hydrogen) atoms. The molecule has 2 rings (SSSR count). The summed E-state index contributed by atoms with van der Waals surface area (Å²) >= 11 is 0. The van der Waals surface area contributed by atoms with E-state index in [0.717, 1.165) is 6.42 Å². The van der Waals surface area contributed by atoms with Gasteiger partial charge in [-0.15, -0.1) is 0 Å². The molecule has 1 amide bonds. The minimum Gasteiger partial charge on any atom is -0.480 e. The number of amides is 1. The molecule has 1 aromatic carbocycles. The molecule has 0 aliphatic heterocycles. The Labute approximate surface area is 119 Å². The molecular formula is C16H21NO3. The van der Waals surface area contributed by atoms with Crippen LogP contribution in [0, 0.1) is 18.8 Å². The van der Waals surface area contributed by atoms with Crippen LogP contribution in [0.4, 0.5) is 0 Å².